The lowest BCUT2D eigenvalue weighted by molar-refractivity contribution is 0.152. The number of aromatic nitrogens is 4. The van der Waals surface area contributed by atoms with Crippen molar-refractivity contribution in [2.75, 3.05) is 30.8 Å². The monoisotopic (exact) mass is 572 g/mol. The summed E-state index contributed by atoms with van der Waals surface area (Å²) in [5, 5.41) is 11.9. The summed E-state index contributed by atoms with van der Waals surface area (Å²) < 4.78 is 58.8. The smallest absolute Gasteiger partial charge is 0.243 e. The van der Waals surface area contributed by atoms with Gasteiger partial charge in [-0.1, -0.05) is 4.49 Å². The lowest BCUT2D eigenvalue weighted by Crippen LogP contribution is -2.48. The van der Waals surface area contributed by atoms with Crippen molar-refractivity contribution in [2.24, 2.45) is 0 Å². The molecule has 3 heterocycles. The number of benzene rings is 2. The Morgan fingerprint density at radius 1 is 1.08 bits per heavy atom. The number of hydrogen-bond donors (Lipinski definition) is 2. The van der Waals surface area contributed by atoms with Gasteiger partial charge in [0.2, 0.25) is 16.0 Å². The highest BCUT2D eigenvalue weighted by Gasteiger charge is 2.31. The van der Waals surface area contributed by atoms with Gasteiger partial charge in [-0.3, -0.25) is 4.90 Å². The van der Waals surface area contributed by atoms with Crippen LogP contribution in [0.1, 0.15) is 18.5 Å². The largest absolute Gasteiger partial charge is 0.340 e. The van der Waals surface area contributed by atoms with Gasteiger partial charge in [0, 0.05) is 55.2 Å². The normalized spacial score (nSPS) is 16.4. The molecule has 204 valence electrons. The number of nitrogens with zero attached hydrogens (tertiary/aromatic N) is 6. The molecule has 4 aromatic rings. The molecule has 14 heteroatoms. The highest BCUT2D eigenvalue weighted by molar-refractivity contribution is 7.89. The number of likely N-dealkylation sites (N-methyl/N-ethyl adjacent to an activating group) is 1. The number of likely N-dealkylation sites (tertiary alicyclic amines) is 1. The van der Waals surface area contributed by atoms with E-state index in [4.69, 9.17) is 0 Å². The van der Waals surface area contributed by atoms with Crippen LogP contribution in [0.25, 0.3) is 0 Å². The molecule has 0 amide bonds. The zero-order valence-corrected chi connectivity index (χ0v) is 22.6. The molecule has 10 nitrogen and oxygen atoms in total. The second-order valence-electron chi connectivity index (χ2n) is 9.12. The predicted octanol–water partition coefficient (Wildman–Crippen LogP) is 4.38. The quantitative estimate of drug-likeness (QED) is 0.301. The summed E-state index contributed by atoms with van der Waals surface area (Å²) in [7, 11) is -2.08. The number of halogens is 2. The predicted molar refractivity (Wildman–Crippen MR) is 145 cm³/mol. The first-order chi connectivity index (χ1) is 18.8. The molecule has 1 atom stereocenters. The molecule has 1 saturated heterocycles. The molecule has 0 spiro atoms. The molecule has 0 aliphatic carbocycles. The molecule has 2 N–H and O–H groups in total. The molecular weight excluding hydrogens is 546 g/mol. The van der Waals surface area contributed by atoms with Crippen molar-refractivity contribution < 1.29 is 17.2 Å². The molecule has 2 aromatic carbocycles. The van der Waals surface area contributed by atoms with Gasteiger partial charge in [0.15, 0.2) is 11.6 Å². The Kier molecular flexibility index (Phi) is 8.07. The standard InChI is InChI=1S/C25H26F2N8O2S2/c1-34(20-3-2-12-35(15-20)14-19-16-38-33-32-19)39(36,37)21-7-4-17(5-8-21)30-25-28-11-10-24(31-25)29-18-6-9-22(26)23(27)13-18/h4-11,13,16,20H,2-3,12,14-15H2,1H3,(H2,28,29,30,31). The first kappa shape index (κ1) is 27.0. The summed E-state index contributed by atoms with van der Waals surface area (Å²) in [5.41, 5.74) is 1.81. The van der Waals surface area contributed by atoms with Gasteiger partial charge >= 0.3 is 0 Å². The average molecular weight is 573 g/mol. The summed E-state index contributed by atoms with van der Waals surface area (Å²) in [4.78, 5) is 10.9. The molecular formula is C25H26F2N8O2S2. The molecule has 1 aliphatic rings. The molecule has 2 aromatic heterocycles. The molecule has 1 unspecified atom stereocenters. The van der Waals surface area contributed by atoms with Crippen molar-refractivity contribution in [1.82, 2.24) is 28.8 Å². The minimum atomic E-state index is -3.71. The molecule has 5 rings (SSSR count). The Hall–Kier alpha value is -3.59. The van der Waals surface area contributed by atoms with Crippen LogP contribution in [0.2, 0.25) is 0 Å². The lowest BCUT2D eigenvalue weighted by atomic mass is 10.1. The van der Waals surface area contributed by atoms with Crippen LogP contribution >= 0.6 is 11.5 Å². The van der Waals surface area contributed by atoms with Crippen LogP contribution in [0.4, 0.5) is 31.9 Å². The topological polar surface area (TPSA) is 116 Å². The molecule has 1 aliphatic heterocycles. The van der Waals surface area contributed by atoms with Crippen molar-refractivity contribution >= 4 is 44.7 Å². The van der Waals surface area contributed by atoms with E-state index in [0.29, 0.717) is 30.3 Å². The molecule has 0 bridgehead atoms. The number of nitrogens with one attached hydrogen (secondary N) is 2. The number of anilines is 4. The minimum absolute atomic E-state index is 0.147. The molecule has 39 heavy (non-hydrogen) atoms. The van der Waals surface area contributed by atoms with Gasteiger partial charge < -0.3 is 10.6 Å². The fourth-order valence-corrected chi connectivity index (χ4v) is 6.19. The Labute approximate surface area is 228 Å². The van der Waals surface area contributed by atoms with Crippen LogP contribution in [0, 0.1) is 11.6 Å². The fraction of sp³-hybridized carbons (Fsp3) is 0.280. The summed E-state index contributed by atoms with van der Waals surface area (Å²) in [6.07, 6.45) is 3.19. The second-order valence-corrected chi connectivity index (χ2v) is 11.7. The molecule has 1 fully saturated rings. The van der Waals surface area contributed by atoms with Crippen molar-refractivity contribution in [3.8, 4) is 0 Å². The first-order valence-corrected chi connectivity index (χ1v) is 14.4. The van der Waals surface area contributed by atoms with Gasteiger partial charge in [-0.05, 0) is 73.4 Å². The van der Waals surface area contributed by atoms with E-state index in [-0.39, 0.29) is 16.9 Å². The first-order valence-electron chi connectivity index (χ1n) is 12.2. The summed E-state index contributed by atoms with van der Waals surface area (Å²) in [5.74, 6) is -1.30. The van der Waals surface area contributed by atoms with E-state index in [1.807, 2.05) is 5.38 Å². The molecule has 0 radical (unpaired) electrons. The van der Waals surface area contributed by atoms with Crippen LogP contribution in [-0.2, 0) is 16.6 Å². The molecule has 0 saturated carbocycles. The highest BCUT2D eigenvalue weighted by atomic mass is 32.2. The van der Waals surface area contributed by atoms with E-state index in [2.05, 4.69) is 35.1 Å². The maximum Gasteiger partial charge on any atom is 0.243 e. The summed E-state index contributed by atoms with van der Waals surface area (Å²) in [6.45, 7) is 2.17. The summed E-state index contributed by atoms with van der Waals surface area (Å²) >= 11 is 1.31. The third-order valence-electron chi connectivity index (χ3n) is 6.42. The van der Waals surface area contributed by atoms with E-state index < -0.39 is 21.7 Å². The van der Waals surface area contributed by atoms with Crippen molar-refractivity contribution in [1.29, 1.82) is 0 Å². The maximum atomic E-state index is 13.5. The number of hydrogen-bond acceptors (Lipinski definition) is 10. The highest BCUT2D eigenvalue weighted by Crippen LogP contribution is 2.25. The third kappa shape index (κ3) is 6.53. The van der Waals surface area contributed by atoms with E-state index >= 15 is 0 Å². The maximum absolute atomic E-state index is 13.5. The minimum Gasteiger partial charge on any atom is -0.340 e. The zero-order valence-electron chi connectivity index (χ0n) is 21.0. The number of sulfonamides is 1. The van der Waals surface area contributed by atoms with Crippen LogP contribution < -0.4 is 10.6 Å². The van der Waals surface area contributed by atoms with Crippen molar-refractivity contribution in [2.45, 2.75) is 30.3 Å². The van der Waals surface area contributed by atoms with Crippen molar-refractivity contribution in [3.05, 3.63) is 77.4 Å². The average Bonchev–Trinajstić information content (AvgIpc) is 3.44. The van der Waals surface area contributed by atoms with Crippen LogP contribution in [0.5, 0.6) is 0 Å². The Morgan fingerprint density at radius 2 is 1.87 bits per heavy atom. The van der Waals surface area contributed by atoms with Gasteiger partial charge in [-0.15, -0.1) is 5.10 Å². The van der Waals surface area contributed by atoms with Gasteiger partial charge in [0.05, 0.1) is 10.6 Å². The fourth-order valence-electron chi connectivity index (χ4n) is 4.37. The van der Waals surface area contributed by atoms with Crippen LogP contribution in [-0.4, -0.2) is 63.4 Å². The van der Waals surface area contributed by atoms with Gasteiger partial charge in [-0.2, -0.15) is 9.29 Å². The lowest BCUT2D eigenvalue weighted by Gasteiger charge is -2.36. The van der Waals surface area contributed by atoms with Gasteiger partial charge in [0.25, 0.3) is 0 Å². The Bertz CT molecular complexity index is 1520. The van der Waals surface area contributed by atoms with Crippen LogP contribution in [0.3, 0.4) is 0 Å². The zero-order chi connectivity index (χ0) is 27.4. The van der Waals surface area contributed by atoms with E-state index in [0.717, 1.165) is 37.2 Å². The Morgan fingerprint density at radius 3 is 2.62 bits per heavy atom. The van der Waals surface area contributed by atoms with Gasteiger partial charge in [0.1, 0.15) is 5.82 Å². The SMILES string of the molecule is CN(C1CCCN(Cc2csnn2)C1)S(=O)(=O)c1ccc(Nc2nccc(Nc3ccc(F)c(F)c3)n2)cc1. The number of rotatable bonds is 9. The van der Waals surface area contributed by atoms with E-state index in [1.165, 1.54) is 28.1 Å². The van der Waals surface area contributed by atoms with E-state index in [9.17, 15) is 17.2 Å². The van der Waals surface area contributed by atoms with E-state index in [1.54, 1.807) is 37.4 Å². The van der Waals surface area contributed by atoms with Gasteiger partial charge in [-0.25, -0.2) is 22.2 Å². The second kappa shape index (κ2) is 11.7. The summed E-state index contributed by atoms with van der Waals surface area (Å²) in [6, 6.07) is 11.2. The number of piperidine rings is 1. The van der Waals surface area contributed by atoms with Crippen molar-refractivity contribution in [3.63, 3.8) is 0 Å². The Balaban J connectivity index is 1.23. The van der Waals surface area contributed by atoms with Crippen LogP contribution in [0.15, 0.2) is 65.0 Å². The third-order valence-corrected chi connectivity index (χ3v) is 8.90.